The molecule has 1 N–H and O–H groups in total. The number of aromatic amines is 1. The molecule has 1 aromatic carbocycles. The zero-order valence-corrected chi connectivity index (χ0v) is 17.0. The van der Waals surface area contributed by atoms with Crippen molar-refractivity contribution in [3.8, 4) is 11.4 Å². The molecule has 0 saturated heterocycles. The normalized spacial score (nSPS) is 11.4. The van der Waals surface area contributed by atoms with E-state index >= 15 is 0 Å². The molecule has 0 unspecified atom stereocenters. The largest absolute Gasteiger partial charge is 0.484 e. The van der Waals surface area contributed by atoms with Crippen molar-refractivity contribution in [3.05, 3.63) is 78.7 Å². The predicted molar refractivity (Wildman–Crippen MR) is 99.7 cm³/mol. The highest BCUT2D eigenvalue weighted by Gasteiger charge is 2.33. The molecule has 0 aliphatic heterocycles. The molecular formula is C18H11BrF4N2O6. The average Bonchev–Trinajstić information content (AvgIpc) is 3.15. The number of nitrogens with zero attached hydrogens (tertiary/aromatic N) is 1. The number of carbonyl (C=O) groups is 1. The Bertz CT molecular complexity index is 1230. The minimum Gasteiger partial charge on any atom is -0.484 e. The lowest BCUT2D eigenvalue weighted by molar-refractivity contribution is -0.141. The quantitative estimate of drug-likeness (QED) is 0.420. The van der Waals surface area contributed by atoms with Gasteiger partial charge >= 0.3 is 17.8 Å². The minimum absolute atomic E-state index is 0.0568. The van der Waals surface area contributed by atoms with E-state index in [0.717, 1.165) is 12.1 Å². The Morgan fingerprint density at radius 3 is 2.55 bits per heavy atom. The summed E-state index contributed by atoms with van der Waals surface area (Å²) in [5.74, 6) is -1.72. The summed E-state index contributed by atoms with van der Waals surface area (Å²) in [4.78, 5) is 37.1. The van der Waals surface area contributed by atoms with Gasteiger partial charge < -0.3 is 18.9 Å². The van der Waals surface area contributed by atoms with Gasteiger partial charge in [0.05, 0.1) is 17.3 Å². The van der Waals surface area contributed by atoms with Crippen molar-refractivity contribution in [3.63, 3.8) is 0 Å². The number of furan rings is 1. The number of methoxy groups -OCH3 is 1. The van der Waals surface area contributed by atoms with Gasteiger partial charge in [0.2, 0.25) is 5.76 Å². The Morgan fingerprint density at radius 1 is 1.23 bits per heavy atom. The summed E-state index contributed by atoms with van der Waals surface area (Å²) in [6.07, 6.45) is -4.96. The summed E-state index contributed by atoms with van der Waals surface area (Å²) in [5.41, 5.74) is -5.07. The monoisotopic (exact) mass is 506 g/mol. The molecule has 0 radical (unpaired) electrons. The van der Waals surface area contributed by atoms with E-state index < -0.39 is 40.6 Å². The van der Waals surface area contributed by atoms with Crippen molar-refractivity contribution in [2.24, 2.45) is 0 Å². The minimum atomic E-state index is -4.96. The highest BCUT2D eigenvalue weighted by atomic mass is 79.9. The van der Waals surface area contributed by atoms with Crippen molar-refractivity contribution < 1.29 is 36.2 Å². The molecule has 3 rings (SSSR count). The maximum absolute atomic E-state index is 14.4. The van der Waals surface area contributed by atoms with Gasteiger partial charge in [0.1, 0.15) is 29.6 Å². The van der Waals surface area contributed by atoms with E-state index in [1.165, 1.54) is 24.2 Å². The fourth-order valence-corrected chi connectivity index (χ4v) is 2.92. The van der Waals surface area contributed by atoms with Crippen LogP contribution >= 0.6 is 15.9 Å². The van der Waals surface area contributed by atoms with Crippen LogP contribution in [0, 0.1) is 5.82 Å². The van der Waals surface area contributed by atoms with E-state index in [1.807, 2.05) is 0 Å². The number of benzene rings is 1. The molecule has 0 amide bonds. The fraction of sp³-hybridized carbons (Fsp3) is 0.167. The summed E-state index contributed by atoms with van der Waals surface area (Å²) in [6.45, 7) is -0.237. The number of esters is 1. The predicted octanol–water partition coefficient (Wildman–Crippen LogP) is 3.40. The maximum Gasteiger partial charge on any atom is 0.431 e. The standard InChI is InChI=1S/C18H11BrF4N2O6/c1-29-16(27)12-3-2-8(31-12)7-30-13-5-11(10(20)4-9(13)19)25-15(26)6-14(18(21,22)23)24-17(25)28/h2-6H,7H2,1H3,(H,24,28). The van der Waals surface area contributed by atoms with Crippen LogP contribution in [-0.2, 0) is 17.5 Å². The van der Waals surface area contributed by atoms with E-state index in [4.69, 9.17) is 9.15 Å². The van der Waals surface area contributed by atoms with E-state index in [1.54, 1.807) is 0 Å². The Labute approximate surface area is 178 Å². The van der Waals surface area contributed by atoms with Crippen LogP contribution in [0.5, 0.6) is 5.75 Å². The Hall–Kier alpha value is -3.35. The average molecular weight is 507 g/mol. The van der Waals surface area contributed by atoms with Crippen molar-refractivity contribution in [1.29, 1.82) is 0 Å². The van der Waals surface area contributed by atoms with Gasteiger partial charge in [-0.3, -0.25) is 4.79 Å². The third-order valence-electron chi connectivity index (χ3n) is 3.90. The topological polar surface area (TPSA) is 104 Å². The molecule has 0 bridgehead atoms. The molecule has 164 valence electrons. The first kappa shape index (κ1) is 22.3. The van der Waals surface area contributed by atoms with Gasteiger partial charge in [-0.1, -0.05) is 0 Å². The second-order valence-corrected chi connectivity index (χ2v) is 6.79. The van der Waals surface area contributed by atoms with Crippen LogP contribution in [-0.4, -0.2) is 22.6 Å². The summed E-state index contributed by atoms with van der Waals surface area (Å²) in [5, 5.41) is 0. The number of aromatic nitrogens is 2. The van der Waals surface area contributed by atoms with Gasteiger partial charge in [0.15, 0.2) is 0 Å². The number of carbonyl (C=O) groups excluding carboxylic acids is 1. The van der Waals surface area contributed by atoms with Crippen molar-refractivity contribution in [2.45, 2.75) is 12.8 Å². The molecule has 8 nitrogen and oxygen atoms in total. The van der Waals surface area contributed by atoms with E-state index in [2.05, 4.69) is 20.7 Å². The van der Waals surface area contributed by atoms with E-state index in [-0.39, 0.29) is 39.0 Å². The maximum atomic E-state index is 14.4. The third kappa shape index (κ3) is 4.71. The molecule has 0 spiro atoms. The van der Waals surface area contributed by atoms with E-state index in [0.29, 0.717) is 0 Å². The molecule has 13 heteroatoms. The zero-order valence-electron chi connectivity index (χ0n) is 15.4. The second kappa shape index (κ2) is 8.41. The van der Waals surface area contributed by atoms with Crippen LogP contribution in [0.25, 0.3) is 5.69 Å². The molecule has 0 aliphatic carbocycles. The molecular weight excluding hydrogens is 496 g/mol. The number of alkyl halides is 3. The number of halogens is 5. The number of hydrogen-bond acceptors (Lipinski definition) is 6. The number of nitrogens with one attached hydrogen (secondary N) is 1. The zero-order chi connectivity index (χ0) is 22.9. The first-order valence-electron chi connectivity index (χ1n) is 8.24. The third-order valence-corrected chi connectivity index (χ3v) is 4.52. The summed E-state index contributed by atoms with van der Waals surface area (Å²) in [6, 6.07) is 4.73. The highest BCUT2D eigenvalue weighted by Crippen LogP contribution is 2.30. The summed E-state index contributed by atoms with van der Waals surface area (Å²) >= 11 is 3.05. The van der Waals surface area contributed by atoms with Crippen LogP contribution in [0.4, 0.5) is 17.6 Å². The molecule has 2 aromatic heterocycles. The van der Waals surface area contributed by atoms with Crippen molar-refractivity contribution in [1.82, 2.24) is 9.55 Å². The lowest BCUT2D eigenvalue weighted by atomic mass is 10.2. The lowest BCUT2D eigenvalue weighted by Gasteiger charge is -2.12. The number of H-pyrrole nitrogens is 1. The van der Waals surface area contributed by atoms with Crippen molar-refractivity contribution in [2.75, 3.05) is 7.11 Å². The van der Waals surface area contributed by atoms with Crippen LogP contribution in [0.15, 0.2) is 48.8 Å². The van der Waals surface area contributed by atoms with Crippen LogP contribution < -0.4 is 16.0 Å². The van der Waals surface area contributed by atoms with Gasteiger partial charge in [0.25, 0.3) is 5.56 Å². The van der Waals surface area contributed by atoms with Crippen LogP contribution in [0.3, 0.4) is 0 Å². The van der Waals surface area contributed by atoms with Gasteiger partial charge in [-0.15, -0.1) is 0 Å². The molecule has 0 fully saturated rings. The molecule has 3 aromatic rings. The molecule has 0 saturated carbocycles. The first-order chi connectivity index (χ1) is 14.5. The van der Waals surface area contributed by atoms with Gasteiger partial charge in [-0.25, -0.2) is 18.5 Å². The summed E-state index contributed by atoms with van der Waals surface area (Å²) in [7, 11) is 1.17. The molecule has 0 aliphatic rings. The smallest absolute Gasteiger partial charge is 0.431 e. The molecule has 31 heavy (non-hydrogen) atoms. The second-order valence-electron chi connectivity index (χ2n) is 5.94. The first-order valence-corrected chi connectivity index (χ1v) is 9.03. The highest BCUT2D eigenvalue weighted by molar-refractivity contribution is 9.10. The number of rotatable bonds is 5. The van der Waals surface area contributed by atoms with Crippen LogP contribution in [0.2, 0.25) is 0 Å². The van der Waals surface area contributed by atoms with Gasteiger partial charge in [0, 0.05) is 12.1 Å². The SMILES string of the molecule is COC(=O)c1ccc(COc2cc(-n3c(=O)cc(C(F)(F)F)[nH]c3=O)c(F)cc2Br)o1. The molecule has 2 heterocycles. The molecule has 0 atom stereocenters. The Balaban J connectivity index is 1.95. The fourth-order valence-electron chi connectivity index (χ4n) is 2.49. The number of hydrogen-bond donors (Lipinski definition) is 1. The van der Waals surface area contributed by atoms with Crippen LogP contribution in [0.1, 0.15) is 22.0 Å². The van der Waals surface area contributed by atoms with E-state index in [9.17, 15) is 31.9 Å². The Morgan fingerprint density at radius 2 is 1.94 bits per heavy atom. The summed E-state index contributed by atoms with van der Waals surface area (Å²) < 4.78 is 68.2. The van der Waals surface area contributed by atoms with Gasteiger partial charge in [-0.05, 0) is 34.1 Å². The van der Waals surface area contributed by atoms with Gasteiger partial charge in [-0.2, -0.15) is 13.2 Å². The lowest BCUT2D eigenvalue weighted by Crippen LogP contribution is -2.36. The number of ether oxygens (including phenoxy) is 2. The van der Waals surface area contributed by atoms with Crippen molar-refractivity contribution >= 4 is 21.9 Å². The Kier molecular flexibility index (Phi) is 6.06.